The molecular weight excluding hydrogens is 340 g/mol. The van der Waals surface area contributed by atoms with Gasteiger partial charge in [-0.05, 0) is 56.2 Å². The summed E-state index contributed by atoms with van der Waals surface area (Å²) in [4.78, 5) is 28.5. The van der Waals surface area contributed by atoms with Gasteiger partial charge in [-0.3, -0.25) is 9.59 Å². The Morgan fingerprint density at radius 1 is 0.852 bits per heavy atom. The van der Waals surface area contributed by atoms with E-state index in [-0.39, 0.29) is 18.4 Å². The standard InChI is InChI=1S/C22H26N2O3/c1-16-4-7-19(8-5-16)22(26)24-12-10-23(11-13-24)21(25)15-27-20-9-6-17(2)18(3)14-20/h4-9,14H,10-13,15H2,1-3H3. The molecule has 0 bridgehead atoms. The molecule has 0 aromatic heterocycles. The predicted molar refractivity (Wildman–Crippen MR) is 105 cm³/mol. The fourth-order valence-electron chi connectivity index (χ4n) is 3.08. The summed E-state index contributed by atoms with van der Waals surface area (Å²) in [6.45, 7) is 8.24. The van der Waals surface area contributed by atoms with Crippen LogP contribution >= 0.6 is 0 Å². The number of rotatable bonds is 4. The van der Waals surface area contributed by atoms with Crippen LogP contribution in [-0.4, -0.2) is 54.4 Å². The molecule has 1 aliphatic rings. The molecule has 5 heteroatoms. The summed E-state index contributed by atoms with van der Waals surface area (Å²) in [5.74, 6) is 0.684. The second-order valence-electron chi connectivity index (χ2n) is 7.07. The fraction of sp³-hybridized carbons (Fsp3) is 0.364. The van der Waals surface area contributed by atoms with Gasteiger partial charge in [0.15, 0.2) is 6.61 Å². The van der Waals surface area contributed by atoms with E-state index < -0.39 is 0 Å². The molecule has 1 saturated heterocycles. The third-order valence-electron chi connectivity index (χ3n) is 5.06. The average Bonchev–Trinajstić information content (AvgIpc) is 2.69. The van der Waals surface area contributed by atoms with Crippen molar-refractivity contribution in [3.05, 3.63) is 64.7 Å². The van der Waals surface area contributed by atoms with Gasteiger partial charge in [0, 0.05) is 31.7 Å². The highest BCUT2D eigenvalue weighted by molar-refractivity contribution is 5.94. The van der Waals surface area contributed by atoms with E-state index in [1.165, 1.54) is 5.56 Å². The summed E-state index contributed by atoms with van der Waals surface area (Å²) in [5.41, 5.74) is 4.16. The Balaban J connectivity index is 1.49. The first kappa shape index (κ1) is 19.0. The van der Waals surface area contributed by atoms with Crippen molar-refractivity contribution < 1.29 is 14.3 Å². The second-order valence-corrected chi connectivity index (χ2v) is 7.07. The number of amides is 2. The van der Waals surface area contributed by atoms with Crippen molar-refractivity contribution in [2.45, 2.75) is 20.8 Å². The molecule has 0 aliphatic carbocycles. The highest BCUT2D eigenvalue weighted by Gasteiger charge is 2.25. The van der Waals surface area contributed by atoms with Gasteiger partial charge in [-0.1, -0.05) is 23.8 Å². The lowest BCUT2D eigenvalue weighted by Crippen LogP contribution is -2.51. The van der Waals surface area contributed by atoms with E-state index in [0.29, 0.717) is 37.5 Å². The Labute approximate surface area is 160 Å². The molecular formula is C22H26N2O3. The molecule has 2 amide bonds. The Morgan fingerprint density at radius 2 is 1.48 bits per heavy atom. The Morgan fingerprint density at radius 3 is 2.11 bits per heavy atom. The van der Waals surface area contributed by atoms with E-state index in [1.807, 2.05) is 63.2 Å². The summed E-state index contributed by atoms with van der Waals surface area (Å²) in [7, 11) is 0. The molecule has 0 N–H and O–H groups in total. The van der Waals surface area contributed by atoms with Crippen LogP contribution in [-0.2, 0) is 4.79 Å². The first-order valence-electron chi connectivity index (χ1n) is 9.28. The van der Waals surface area contributed by atoms with Gasteiger partial charge in [-0.2, -0.15) is 0 Å². The minimum atomic E-state index is -0.0457. The van der Waals surface area contributed by atoms with Crippen LogP contribution in [0.3, 0.4) is 0 Å². The molecule has 0 unspecified atom stereocenters. The van der Waals surface area contributed by atoms with Crippen LogP contribution in [0.4, 0.5) is 0 Å². The number of piperazine rings is 1. The van der Waals surface area contributed by atoms with Gasteiger partial charge in [-0.25, -0.2) is 0 Å². The highest BCUT2D eigenvalue weighted by Crippen LogP contribution is 2.17. The molecule has 3 rings (SSSR count). The van der Waals surface area contributed by atoms with E-state index in [0.717, 1.165) is 11.1 Å². The normalized spacial score (nSPS) is 14.2. The lowest BCUT2D eigenvalue weighted by molar-refractivity contribution is -0.134. The van der Waals surface area contributed by atoms with Gasteiger partial charge in [0.2, 0.25) is 0 Å². The minimum Gasteiger partial charge on any atom is -0.484 e. The van der Waals surface area contributed by atoms with Crippen LogP contribution in [0.1, 0.15) is 27.0 Å². The van der Waals surface area contributed by atoms with Crippen molar-refractivity contribution in [3.63, 3.8) is 0 Å². The first-order chi connectivity index (χ1) is 12.9. The maximum Gasteiger partial charge on any atom is 0.260 e. The van der Waals surface area contributed by atoms with Crippen molar-refractivity contribution in [1.29, 1.82) is 0 Å². The van der Waals surface area contributed by atoms with Crippen molar-refractivity contribution in [1.82, 2.24) is 9.80 Å². The average molecular weight is 366 g/mol. The Hall–Kier alpha value is -2.82. The molecule has 0 saturated carbocycles. The van der Waals surface area contributed by atoms with Gasteiger partial charge in [0.25, 0.3) is 11.8 Å². The smallest absolute Gasteiger partial charge is 0.260 e. The fourth-order valence-corrected chi connectivity index (χ4v) is 3.08. The van der Waals surface area contributed by atoms with Gasteiger partial charge in [-0.15, -0.1) is 0 Å². The van der Waals surface area contributed by atoms with Gasteiger partial charge in [0.1, 0.15) is 5.75 Å². The summed E-state index contributed by atoms with van der Waals surface area (Å²) in [6, 6.07) is 13.4. The largest absolute Gasteiger partial charge is 0.484 e. The van der Waals surface area contributed by atoms with Crippen molar-refractivity contribution in [2.24, 2.45) is 0 Å². The minimum absolute atomic E-state index is 0.0217. The van der Waals surface area contributed by atoms with E-state index in [4.69, 9.17) is 4.74 Å². The van der Waals surface area contributed by atoms with Crippen LogP contribution in [0.15, 0.2) is 42.5 Å². The molecule has 0 radical (unpaired) electrons. The third kappa shape index (κ3) is 4.67. The molecule has 2 aromatic rings. The van der Waals surface area contributed by atoms with E-state index in [1.54, 1.807) is 9.80 Å². The molecule has 142 valence electrons. The molecule has 2 aromatic carbocycles. The molecule has 0 atom stereocenters. The Kier molecular flexibility index (Phi) is 5.79. The molecule has 27 heavy (non-hydrogen) atoms. The number of benzene rings is 2. The predicted octanol–water partition coefficient (Wildman–Crippen LogP) is 2.98. The molecule has 5 nitrogen and oxygen atoms in total. The topological polar surface area (TPSA) is 49.9 Å². The van der Waals surface area contributed by atoms with Crippen LogP contribution in [0.2, 0.25) is 0 Å². The monoisotopic (exact) mass is 366 g/mol. The van der Waals surface area contributed by atoms with Crippen LogP contribution < -0.4 is 4.74 Å². The summed E-state index contributed by atoms with van der Waals surface area (Å²) in [5, 5.41) is 0. The number of hydrogen-bond donors (Lipinski definition) is 0. The SMILES string of the molecule is Cc1ccc(C(=O)N2CCN(C(=O)COc3ccc(C)c(C)c3)CC2)cc1. The summed E-state index contributed by atoms with van der Waals surface area (Å²) in [6.07, 6.45) is 0. The lowest BCUT2D eigenvalue weighted by atomic mass is 10.1. The maximum absolute atomic E-state index is 12.6. The van der Waals surface area contributed by atoms with Crippen LogP contribution in [0.5, 0.6) is 5.75 Å². The second kappa shape index (κ2) is 8.25. The van der Waals surface area contributed by atoms with E-state index in [9.17, 15) is 9.59 Å². The molecule has 1 fully saturated rings. The summed E-state index contributed by atoms with van der Waals surface area (Å²) >= 11 is 0. The number of nitrogens with zero attached hydrogens (tertiary/aromatic N) is 2. The Bertz CT molecular complexity index is 822. The number of hydrogen-bond acceptors (Lipinski definition) is 3. The van der Waals surface area contributed by atoms with Crippen molar-refractivity contribution >= 4 is 11.8 Å². The summed E-state index contributed by atoms with van der Waals surface area (Å²) < 4.78 is 5.64. The maximum atomic E-state index is 12.6. The van der Waals surface area contributed by atoms with Crippen LogP contribution in [0.25, 0.3) is 0 Å². The van der Waals surface area contributed by atoms with Gasteiger partial charge >= 0.3 is 0 Å². The van der Waals surface area contributed by atoms with Gasteiger partial charge in [0.05, 0.1) is 0 Å². The number of carbonyl (C=O) groups is 2. The quantitative estimate of drug-likeness (QED) is 0.836. The number of carbonyl (C=O) groups excluding carboxylic acids is 2. The highest BCUT2D eigenvalue weighted by atomic mass is 16.5. The zero-order valence-electron chi connectivity index (χ0n) is 16.2. The van der Waals surface area contributed by atoms with Gasteiger partial charge < -0.3 is 14.5 Å². The first-order valence-corrected chi connectivity index (χ1v) is 9.28. The zero-order chi connectivity index (χ0) is 19.4. The number of aryl methyl sites for hydroxylation is 3. The third-order valence-corrected chi connectivity index (χ3v) is 5.06. The zero-order valence-corrected chi connectivity index (χ0v) is 16.2. The molecule has 0 spiro atoms. The van der Waals surface area contributed by atoms with E-state index >= 15 is 0 Å². The van der Waals surface area contributed by atoms with Crippen molar-refractivity contribution in [3.8, 4) is 5.75 Å². The number of ether oxygens (including phenoxy) is 1. The van der Waals surface area contributed by atoms with Crippen LogP contribution in [0, 0.1) is 20.8 Å². The molecule has 1 heterocycles. The lowest BCUT2D eigenvalue weighted by Gasteiger charge is -2.34. The van der Waals surface area contributed by atoms with Crippen molar-refractivity contribution in [2.75, 3.05) is 32.8 Å². The van der Waals surface area contributed by atoms with E-state index in [2.05, 4.69) is 0 Å². The molecule has 1 aliphatic heterocycles.